The average molecular weight is 562 g/mol. The van der Waals surface area contributed by atoms with Crippen molar-refractivity contribution in [3.05, 3.63) is 39.9 Å². The smallest absolute Gasteiger partial charge is 0.269 e. The van der Waals surface area contributed by atoms with E-state index in [2.05, 4.69) is 25.4 Å². The van der Waals surface area contributed by atoms with Crippen LogP contribution in [0.25, 0.3) is 0 Å². The van der Waals surface area contributed by atoms with Crippen molar-refractivity contribution in [3.8, 4) is 0 Å². The number of nitro benzene ring substituents is 1. The molecule has 180 valence electrons. The molecule has 1 aromatic carbocycles. The second kappa shape index (κ2) is 15.3. The highest BCUT2D eigenvalue weighted by Crippen LogP contribution is 2.12. The van der Waals surface area contributed by atoms with Crippen molar-refractivity contribution < 1.29 is 14.4 Å². The Labute approximate surface area is 206 Å². The maximum absolute atomic E-state index is 10.8. The number of halogens is 1. The highest BCUT2D eigenvalue weighted by Gasteiger charge is 2.11. The quantitative estimate of drug-likeness (QED) is 0.110. The standard InChI is InChI=1S/C21H34N6O4.HI/c28-27(29)20-4-2-19(3-5-20)18-24-21(23-7-9-26-12-16-31-17-13-26)22-6-1-8-25-10-14-30-15-11-25;/h2-5H,1,6-18H2,(H2,22,23,24);1H. The van der Waals surface area contributed by atoms with E-state index in [4.69, 9.17) is 9.47 Å². The molecule has 32 heavy (non-hydrogen) atoms. The molecule has 3 rings (SSSR count). The maximum Gasteiger partial charge on any atom is 0.269 e. The lowest BCUT2D eigenvalue weighted by molar-refractivity contribution is -0.384. The number of guanidine groups is 1. The van der Waals surface area contributed by atoms with Crippen molar-refractivity contribution in [3.63, 3.8) is 0 Å². The minimum Gasteiger partial charge on any atom is -0.379 e. The second-order valence-corrected chi connectivity index (χ2v) is 7.70. The third kappa shape index (κ3) is 9.94. The van der Waals surface area contributed by atoms with Crippen LogP contribution in [-0.4, -0.2) is 99.5 Å². The summed E-state index contributed by atoms with van der Waals surface area (Å²) in [7, 11) is 0. The first-order chi connectivity index (χ1) is 15.2. The molecule has 0 saturated carbocycles. The predicted molar refractivity (Wildman–Crippen MR) is 135 cm³/mol. The number of hydrogen-bond donors (Lipinski definition) is 2. The molecule has 0 aliphatic carbocycles. The molecule has 2 N–H and O–H groups in total. The van der Waals surface area contributed by atoms with E-state index >= 15 is 0 Å². The Morgan fingerprint density at radius 1 is 0.938 bits per heavy atom. The SMILES string of the molecule is I.O=[N+]([O-])c1ccc(CN=C(NCCCN2CCOCC2)NCCN2CCOCC2)cc1. The highest BCUT2D eigenvalue weighted by molar-refractivity contribution is 14.0. The van der Waals surface area contributed by atoms with Gasteiger partial charge in [-0.3, -0.25) is 19.9 Å². The fourth-order valence-electron chi connectivity index (χ4n) is 3.56. The molecule has 2 fully saturated rings. The van der Waals surface area contributed by atoms with Gasteiger partial charge in [0, 0.05) is 57.9 Å². The number of nitrogens with one attached hydrogen (secondary N) is 2. The van der Waals surface area contributed by atoms with Gasteiger partial charge in [0.15, 0.2) is 5.96 Å². The van der Waals surface area contributed by atoms with Gasteiger partial charge in [-0.2, -0.15) is 0 Å². The van der Waals surface area contributed by atoms with Gasteiger partial charge in [0.2, 0.25) is 0 Å². The maximum atomic E-state index is 10.8. The Morgan fingerprint density at radius 3 is 2.09 bits per heavy atom. The molecule has 2 aliphatic rings. The first-order valence-corrected chi connectivity index (χ1v) is 11.1. The number of benzene rings is 1. The normalized spacial score (nSPS) is 18.1. The Hall–Kier alpha value is -1.54. The first kappa shape index (κ1) is 26.7. The van der Waals surface area contributed by atoms with E-state index in [0.717, 1.165) is 96.7 Å². The average Bonchev–Trinajstić information content (AvgIpc) is 2.81. The van der Waals surface area contributed by atoms with Gasteiger partial charge in [-0.25, -0.2) is 4.99 Å². The summed E-state index contributed by atoms with van der Waals surface area (Å²) in [5, 5.41) is 17.7. The van der Waals surface area contributed by atoms with E-state index < -0.39 is 0 Å². The lowest BCUT2D eigenvalue weighted by Gasteiger charge is -2.27. The van der Waals surface area contributed by atoms with Crippen LogP contribution in [0.3, 0.4) is 0 Å². The number of morpholine rings is 2. The van der Waals surface area contributed by atoms with E-state index in [1.165, 1.54) is 12.1 Å². The number of ether oxygens (including phenoxy) is 2. The van der Waals surface area contributed by atoms with Crippen LogP contribution in [0.15, 0.2) is 29.3 Å². The largest absolute Gasteiger partial charge is 0.379 e. The van der Waals surface area contributed by atoms with Gasteiger partial charge >= 0.3 is 0 Å². The van der Waals surface area contributed by atoms with Gasteiger partial charge in [-0.1, -0.05) is 12.1 Å². The molecule has 1 aromatic rings. The van der Waals surface area contributed by atoms with E-state index in [-0.39, 0.29) is 34.6 Å². The Morgan fingerprint density at radius 2 is 1.50 bits per heavy atom. The van der Waals surface area contributed by atoms with Crippen molar-refractivity contribution in [2.75, 3.05) is 78.8 Å². The molecule has 2 aliphatic heterocycles. The van der Waals surface area contributed by atoms with Crippen molar-refractivity contribution in [2.24, 2.45) is 4.99 Å². The number of nitro groups is 1. The van der Waals surface area contributed by atoms with E-state index in [1.807, 2.05) is 0 Å². The number of nitrogens with zero attached hydrogens (tertiary/aromatic N) is 4. The lowest BCUT2D eigenvalue weighted by atomic mass is 10.2. The molecule has 2 saturated heterocycles. The summed E-state index contributed by atoms with van der Waals surface area (Å²) in [5.41, 5.74) is 1.03. The Kier molecular flexibility index (Phi) is 12.8. The summed E-state index contributed by atoms with van der Waals surface area (Å²) >= 11 is 0. The van der Waals surface area contributed by atoms with Crippen LogP contribution >= 0.6 is 24.0 Å². The number of non-ortho nitro benzene ring substituents is 1. The van der Waals surface area contributed by atoms with Gasteiger partial charge in [-0.15, -0.1) is 24.0 Å². The fourth-order valence-corrected chi connectivity index (χ4v) is 3.56. The van der Waals surface area contributed by atoms with Gasteiger partial charge in [-0.05, 0) is 18.5 Å². The number of aliphatic imine (C=N–C) groups is 1. The van der Waals surface area contributed by atoms with Crippen molar-refractivity contribution >= 4 is 35.6 Å². The summed E-state index contributed by atoms with van der Waals surface area (Å²) in [6, 6.07) is 6.55. The zero-order valence-corrected chi connectivity index (χ0v) is 20.9. The van der Waals surface area contributed by atoms with Crippen LogP contribution in [0.4, 0.5) is 5.69 Å². The lowest BCUT2D eigenvalue weighted by Crippen LogP contribution is -2.45. The number of hydrogen-bond acceptors (Lipinski definition) is 7. The molecule has 0 aromatic heterocycles. The third-order valence-electron chi connectivity index (χ3n) is 5.44. The molecule has 0 amide bonds. The Bertz CT molecular complexity index is 694. The minimum absolute atomic E-state index is 0. The van der Waals surface area contributed by atoms with Crippen molar-refractivity contribution in [1.29, 1.82) is 0 Å². The van der Waals surface area contributed by atoms with E-state index in [0.29, 0.717) is 6.54 Å². The van der Waals surface area contributed by atoms with Crippen LogP contribution < -0.4 is 10.6 Å². The molecule has 10 nitrogen and oxygen atoms in total. The fraction of sp³-hybridized carbons (Fsp3) is 0.667. The third-order valence-corrected chi connectivity index (χ3v) is 5.44. The van der Waals surface area contributed by atoms with Crippen LogP contribution in [0.1, 0.15) is 12.0 Å². The van der Waals surface area contributed by atoms with Crippen molar-refractivity contribution in [1.82, 2.24) is 20.4 Å². The minimum atomic E-state index is -0.387. The zero-order valence-electron chi connectivity index (χ0n) is 18.5. The topological polar surface area (TPSA) is 104 Å². The molecule has 0 radical (unpaired) electrons. The van der Waals surface area contributed by atoms with Crippen LogP contribution in [-0.2, 0) is 16.0 Å². The molecular weight excluding hydrogens is 527 g/mol. The van der Waals surface area contributed by atoms with Gasteiger partial charge < -0.3 is 20.1 Å². The molecule has 2 heterocycles. The van der Waals surface area contributed by atoms with Crippen LogP contribution in [0, 0.1) is 10.1 Å². The summed E-state index contributed by atoms with van der Waals surface area (Å²) in [5.74, 6) is 0.772. The monoisotopic (exact) mass is 562 g/mol. The van der Waals surface area contributed by atoms with Gasteiger partial charge in [0.1, 0.15) is 0 Å². The molecule has 11 heteroatoms. The molecule has 0 bridgehead atoms. The van der Waals surface area contributed by atoms with Crippen LogP contribution in [0.2, 0.25) is 0 Å². The Balaban J connectivity index is 0.00000363. The second-order valence-electron chi connectivity index (χ2n) is 7.70. The molecule has 0 unspecified atom stereocenters. The van der Waals surface area contributed by atoms with E-state index in [1.54, 1.807) is 12.1 Å². The predicted octanol–water partition coefficient (Wildman–Crippen LogP) is 1.30. The summed E-state index contributed by atoms with van der Waals surface area (Å²) in [6.45, 7) is 11.2. The first-order valence-electron chi connectivity index (χ1n) is 11.1. The van der Waals surface area contributed by atoms with Crippen molar-refractivity contribution in [2.45, 2.75) is 13.0 Å². The highest BCUT2D eigenvalue weighted by atomic mass is 127. The van der Waals surface area contributed by atoms with Gasteiger partial charge in [0.05, 0.1) is 37.9 Å². The summed E-state index contributed by atoms with van der Waals surface area (Å²) < 4.78 is 10.8. The number of rotatable bonds is 10. The summed E-state index contributed by atoms with van der Waals surface area (Å²) in [6.07, 6.45) is 1.03. The molecule has 0 atom stereocenters. The summed E-state index contributed by atoms with van der Waals surface area (Å²) in [4.78, 5) is 19.9. The molecular formula is C21H35IN6O4. The van der Waals surface area contributed by atoms with Crippen LogP contribution in [0.5, 0.6) is 0 Å². The zero-order chi connectivity index (χ0) is 21.7. The van der Waals surface area contributed by atoms with E-state index in [9.17, 15) is 10.1 Å². The van der Waals surface area contributed by atoms with Gasteiger partial charge in [0.25, 0.3) is 5.69 Å². The molecule has 0 spiro atoms.